The van der Waals surface area contributed by atoms with Gasteiger partial charge in [-0.25, -0.2) is 14.8 Å². The van der Waals surface area contributed by atoms with Gasteiger partial charge in [-0.05, 0) is 19.9 Å². The Morgan fingerprint density at radius 3 is 2.43 bits per heavy atom. The maximum Gasteiger partial charge on any atom is 0.344 e. The normalized spacial score (nSPS) is 9.64. The van der Waals surface area contributed by atoms with Crippen molar-refractivity contribution in [2.24, 2.45) is 0 Å². The first-order valence-corrected chi connectivity index (χ1v) is 4.13. The van der Waals surface area contributed by atoms with Crippen LogP contribution in [0.25, 0.3) is 0 Å². The molecule has 0 atom stereocenters. The molecule has 0 bridgehead atoms. The number of carbonyl (C=O) groups is 1. The Kier molecular flexibility index (Phi) is 3.39. The summed E-state index contributed by atoms with van der Waals surface area (Å²) in [7, 11) is 1.30. The van der Waals surface area contributed by atoms with Crippen LogP contribution in [0.5, 0.6) is 6.01 Å². The highest BCUT2D eigenvalue weighted by Crippen LogP contribution is 2.05. The minimum atomic E-state index is -0.451. The molecule has 76 valence electrons. The van der Waals surface area contributed by atoms with Crippen molar-refractivity contribution in [2.75, 3.05) is 13.7 Å². The van der Waals surface area contributed by atoms with Crippen molar-refractivity contribution < 1.29 is 14.3 Å². The van der Waals surface area contributed by atoms with E-state index in [-0.39, 0.29) is 12.6 Å². The molecule has 0 aliphatic heterocycles. The molecule has 0 amide bonds. The predicted molar refractivity (Wildman–Crippen MR) is 49.0 cm³/mol. The molecule has 0 saturated heterocycles. The monoisotopic (exact) mass is 196 g/mol. The van der Waals surface area contributed by atoms with E-state index in [4.69, 9.17) is 4.74 Å². The lowest BCUT2D eigenvalue weighted by atomic mass is 10.4. The summed E-state index contributed by atoms with van der Waals surface area (Å²) in [4.78, 5) is 18.8. The molecular weight excluding hydrogens is 184 g/mol. The van der Waals surface area contributed by atoms with E-state index < -0.39 is 5.97 Å². The number of carbonyl (C=O) groups excluding carboxylic acids is 1. The SMILES string of the molecule is COC(=O)COc1nc(C)cc(C)n1. The molecule has 1 aromatic rings. The Hall–Kier alpha value is -1.65. The average molecular weight is 196 g/mol. The number of methoxy groups -OCH3 is 1. The fraction of sp³-hybridized carbons (Fsp3) is 0.444. The molecule has 1 aromatic heterocycles. The molecule has 5 heteroatoms. The molecule has 1 rings (SSSR count). The van der Waals surface area contributed by atoms with E-state index in [1.54, 1.807) is 0 Å². The summed E-state index contributed by atoms with van der Waals surface area (Å²) in [6.07, 6.45) is 0. The third kappa shape index (κ3) is 3.01. The first-order chi connectivity index (χ1) is 6.61. The lowest BCUT2D eigenvalue weighted by Crippen LogP contribution is -2.14. The fourth-order valence-electron chi connectivity index (χ4n) is 0.941. The molecule has 0 N–H and O–H groups in total. The smallest absolute Gasteiger partial charge is 0.344 e. The standard InChI is InChI=1S/C9H12N2O3/c1-6-4-7(2)11-9(10-6)14-5-8(12)13-3/h4H,5H2,1-3H3. The van der Waals surface area contributed by atoms with Gasteiger partial charge in [0, 0.05) is 11.4 Å². The second-order valence-electron chi connectivity index (χ2n) is 2.80. The van der Waals surface area contributed by atoms with Crippen molar-refractivity contribution in [1.29, 1.82) is 0 Å². The lowest BCUT2D eigenvalue weighted by Gasteiger charge is -2.04. The summed E-state index contributed by atoms with van der Waals surface area (Å²) in [6.45, 7) is 3.50. The van der Waals surface area contributed by atoms with Crippen LogP contribution in [0, 0.1) is 13.8 Å². The number of hydrogen-bond donors (Lipinski definition) is 0. The van der Waals surface area contributed by atoms with E-state index in [1.807, 2.05) is 19.9 Å². The van der Waals surface area contributed by atoms with Crippen LogP contribution < -0.4 is 4.74 Å². The van der Waals surface area contributed by atoms with Gasteiger partial charge in [0.15, 0.2) is 6.61 Å². The third-order valence-corrected chi connectivity index (χ3v) is 1.51. The summed E-state index contributed by atoms with van der Waals surface area (Å²) in [6, 6.07) is 2.03. The Morgan fingerprint density at radius 2 is 1.93 bits per heavy atom. The van der Waals surface area contributed by atoms with E-state index in [2.05, 4.69) is 14.7 Å². The van der Waals surface area contributed by atoms with E-state index in [1.165, 1.54) is 7.11 Å². The van der Waals surface area contributed by atoms with E-state index in [0.717, 1.165) is 11.4 Å². The van der Waals surface area contributed by atoms with Crippen molar-refractivity contribution in [2.45, 2.75) is 13.8 Å². The number of aromatic nitrogens is 2. The second kappa shape index (κ2) is 4.55. The summed E-state index contributed by atoms with van der Waals surface area (Å²) in [5.41, 5.74) is 1.61. The van der Waals surface area contributed by atoms with Gasteiger partial charge in [-0.2, -0.15) is 0 Å². The zero-order valence-electron chi connectivity index (χ0n) is 8.40. The Bertz CT molecular complexity index is 319. The van der Waals surface area contributed by atoms with E-state index >= 15 is 0 Å². The van der Waals surface area contributed by atoms with Gasteiger partial charge in [-0.1, -0.05) is 0 Å². The van der Waals surface area contributed by atoms with Crippen molar-refractivity contribution >= 4 is 5.97 Å². The molecule has 0 saturated carbocycles. The number of hydrogen-bond acceptors (Lipinski definition) is 5. The summed E-state index contributed by atoms with van der Waals surface area (Å²) < 4.78 is 9.44. The van der Waals surface area contributed by atoms with Crippen molar-refractivity contribution in [3.05, 3.63) is 17.5 Å². The molecule has 0 aliphatic rings. The van der Waals surface area contributed by atoms with Crippen LogP contribution in [-0.2, 0) is 9.53 Å². The molecule has 0 fully saturated rings. The number of rotatable bonds is 3. The summed E-state index contributed by atoms with van der Waals surface area (Å²) in [5, 5.41) is 0. The van der Waals surface area contributed by atoms with Gasteiger partial charge in [0.25, 0.3) is 0 Å². The van der Waals surface area contributed by atoms with Crippen LogP contribution in [0.1, 0.15) is 11.4 Å². The maximum absolute atomic E-state index is 10.8. The van der Waals surface area contributed by atoms with E-state index in [0.29, 0.717) is 0 Å². The van der Waals surface area contributed by atoms with Crippen LogP contribution in [0.2, 0.25) is 0 Å². The fourth-order valence-corrected chi connectivity index (χ4v) is 0.941. The van der Waals surface area contributed by atoms with Crippen molar-refractivity contribution in [3.63, 3.8) is 0 Å². The summed E-state index contributed by atoms with van der Waals surface area (Å²) in [5.74, 6) is -0.451. The zero-order chi connectivity index (χ0) is 10.6. The molecular formula is C9H12N2O3. The quantitative estimate of drug-likeness (QED) is 0.664. The van der Waals surface area contributed by atoms with Crippen molar-refractivity contribution in [1.82, 2.24) is 9.97 Å². The molecule has 0 radical (unpaired) electrons. The highest BCUT2D eigenvalue weighted by atomic mass is 16.6. The molecule has 0 spiro atoms. The molecule has 5 nitrogen and oxygen atoms in total. The van der Waals surface area contributed by atoms with Gasteiger partial charge < -0.3 is 9.47 Å². The van der Waals surface area contributed by atoms with E-state index in [9.17, 15) is 4.79 Å². The Morgan fingerprint density at radius 1 is 1.36 bits per heavy atom. The Labute approximate surface area is 82.1 Å². The van der Waals surface area contributed by atoms with Crippen LogP contribution in [-0.4, -0.2) is 29.7 Å². The number of esters is 1. The van der Waals surface area contributed by atoms with Gasteiger partial charge in [0.05, 0.1) is 7.11 Å². The average Bonchev–Trinajstić information content (AvgIpc) is 2.12. The van der Waals surface area contributed by atoms with Gasteiger partial charge >= 0.3 is 12.0 Å². The topological polar surface area (TPSA) is 61.3 Å². The third-order valence-electron chi connectivity index (χ3n) is 1.51. The highest BCUT2D eigenvalue weighted by Gasteiger charge is 2.04. The molecule has 0 unspecified atom stereocenters. The second-order valence-corrected chi connectivity index (χ2v) is 2.80. The first kappa shape index (κ1) is 10.4. The van der Waals surface area contributed by atoms with Crippen LogP contribution >= 0.6 is 0 Å². The molecule has 0 aliphatic carbocycles. The lowest BCUT2D eigenvalue weighted by molar-refractivity contribution is -0.143. The van der Waals surface area contributed by atoms with Crippen molar-refractivity contribution in [3.8, 4) is 6.01 Å². The maximum atomic E-state index is 10.8. The molecule has 14 heavy (non-hydrogen) atoms. The van der Waals surface area contributed by atoms with Gasteiger partial charge in [0.2, 0.25) is 0 Å². The molecule has 0 aromatic carbocycles. The summed E-state index contributed by atoms with van der Waals surface area (Å²) >= 11 is 0. The van der Waals surface area contributed by atoms with Crippen LogP contribution in [0.15, 0.2) is 6.07 Å². The predicted octanol–water partition coefficient (Wildman–Crippen LogP) is 0.645. The highest BCUT2D eigenvalue weighted by molar-refractivity contribution is 5.70. The number of nitrogens with zero attached hydrogens (tertiary/aromatic N) is 2. The largest absolute Gasteiger partial charge is 0.466 e. The van der Waals surface area contributed by atoms with Gasteiger partial charge in [0.1, 0.15) is 0 Å². The minimum Gasteiger partial charge on any atom is -0.466 e. The number of aryl methyl sites for hydroxylation is 2. The van der Waals surface area contributed by atoms with Gasteiger partial charge in [-0.15, -0.1) is 0 Å². The first-order valence-electron chi connectivity index (χ1n) is 4.13. The minimum absolute atomic E-state index is 0.167. The zero-order valence-corrected chi connectivity index (χ0v) is 8.40. The number of ether oxygens (including phenoxy) is 2. The molecule has 1 heterocycles. The Balaban J connectivity index is 2.63. The van der Waals surface area contributed by atoms with Gasteiger partial charge in [-0.3, -0.25) is 0 Å². The van der Waals surface area contributed by atoms with Crippen LogP contribution in [0.4, 0.5) is 0 Å². The van der Waals surface area contributed by atoms with Crippen LogP contribution in [0.3, 0.4) is 0 Å².